The molecule has 1 heterocycles. The van der Waals surface area contributed by atoms with Crippen LogP contribution in [0.4, 0.5) is 0 Å². The summed E-state index contributed by atoms with van der Waals surface area (Å²) in [6.07, 6.45) is 5.11. The van der Waals surface area contributed by atoms with Crippen LogP contribution in [-0.4, -0.2) is 13.1 Å². The maximum Gasteiger partial charge on any atom is 0.0323 e. The first-order valence-electron chi connectivity index (χ1n) is 7.25. The Labute approximate surface area is 110 Å². The minimum absolute atomic E-state index is 0.484. The average molecular weight is 244 g/mol. The summed E-state index contributed by atoms with van der Waals surface area (Å²) < 4.78 is 0. The van der Waals surface area contributed by atoms with Gasteiger partial charge in [0.1, 0.15) is 0 Å². The number of benzene rings is 1. The Hall–Kier alpha value is -0.860. The molecule has 2 aliphatic rings. The lowest BCUT2D eigenvalue weighted by molar-refractivity contribution is 0.312. The quantitative estimate of drug-likeness (QED) is 0.858. The maximum absolute atomic E-state index is 5.81. The summed E-state index contributed by atoms with van der Waals surface area (Å²) >= 11 is 0. The van der Waals surface area contributed by atoms with Crippen LogP contribution < -0.4 is 11.1 Å². The zero-order valence-electron chi connectivity index (χ0n) is 11.3. The van der Waals surface area contributed by atoms with E-state index in [-0.39, 0.29) is 0 Å². The molecule has 0 radical (unpaired) electrons. The van der Waals surface area contributed by atoms with Crippen LogP contribution in [0.3, 0.4) is 0 Å². The van der Waals surface area contributed by atoms with Gasteiger partial charge in [-0.15, -0.1) is 0 Å². The van der Waals surface area contributed by atoms with Gasteiger partial charge in [-0.05, 0) is 61.2 Å². The fraction of sp³-hybridized carbons (Fsp3) is 0.625. The normalized spacial score (nSPS) is 30.1. The van der Waals surface area contributed by atoms with E-state index in [1.165, 1.54) is 36.8 Å². The molecule has 0 spiro atoms. The lowest BCUT2D eigenvalue weighted by atomic mass is 9.87. The molecule has 1 aliphatic heterocycles. The van der Waals surface area contributed by atoms with Gasteiger partial charge in [-0.1, -0.05) is 31.2 Å². The molecule has 18 heavy (non-hydrogen) atoms. The molecule has 2 unspecified atom stereocenters. The molecule has 98 valence electrons. The van der Waals surface area contributed by atoms with Crippen LogP contribution in [0.15, 0.2) is 24.3 Å². The molecule has 3 rings (SSSR count). The van der Waals surface area contributed by atoms with Crippen LogP contribution in [0.1, 0.15) is 49.8 Å². The second kappa shape index (κ2) is 4.67. The molecular formula is C16H24N2. The predicted molar refractivity (Wildman–Crippen MR) is 75.6 cm³/mol. The zero-order chi connectivity index (χ0) is 12.6. The van der Waals surface area contributed by atoms with Crippen LogP contribution in [0, 0.1) is 5.92 Å². The molecule has 0 bridgehead atoms. The number of piperidine rings is 1. The van der Waals surface area contributed by atoms with Gasteiger partial charge in [-0.25, -0.2) is 0 Å². The van der Waals surface area contributed by atoms with E-state index in [9.17, 15) is 0 Å². The summed E-state index contributed by atoms with van der Waals surface area (Å²) in [7, 11) is 0. The van der Waals surface area contributed by atoms with Gasteiger partial charge in [0.05, 0.1) is 0 Å². The number of rotatable bonds is 3. The highest BCUT2D eigenvalue weighted by molar-refractivity contribution is 5.33. The van der Waals surface area contributed by atoms with Gasteiger partial charge in [0.15, 0.2) is 0 Å². The van der Waals surface area contributed by atoms with Gasteiger partial charge in [0.2, 0.25) is 0 Å². The minimum atomic E-state index is 0.484. The predicted octanol–water partition coefficient (Wildman–Crippen LogP) is 2.74. The Kier molecular flexibility index (Phi) is 3.16. The first-order valence-corrected chi connectivity index (χ1v) is 7.25. The molecule has 1 aromatic carbocycles. The van der Waals surface area contributed by atoms with Crippen molar-refractivity contribution in [2.75, 3.05) is 13.1 Å². The van der Waals surface area contributed by atoms with Crippen molar-refractivity contribution in [2.45, 2.75) is 44.1 Å². The third-order valence-corrected chi connectivity index (χ3v) is 4.86. The Morgan fingerprint density at radius 2 is 2.00 bits per heavy atom. The number of nitrogens with two attached hydrogens (primary N) is 1. The highest BCUT2D eigenvalue weighted by atomic mass is 14.9. The van der Waals surface area contributed by atoms with Crippen LogP contribution in [0.25, 0.3) is 0 Å². The molecule has 2 nitrogen and oxygen atoms in total. The van der Waals surface area contributed by atoms with E-state index in [0.29, 0.717) is 17.4 Å². The molecule has 2 fully saturated rings. The lowest BCUT2D eigenvalue weighted by Crippen LogP contribution is -2.34. The fourth-order valence-corrected chi connectivity index (χ4v) is 3.06. The van der Waals surface area contributed by atoms with Gasteiger partial charge >= 0.3 is 0 Å². The molecular weight excluding hydrogens is 220 g/mol. The van der Waals surface area contributed by atoms with Gasteiger partial charge in [0.25, 0.3) is 0 Å². The minimum Gasteiger partial charge on any atom is -0.330 e. The third kappa shape index (κ3) is 2.32. The number of hydrogen-bond acceptors (Lipinski definition) is 2. The van der Waals surface area contributed by atoms with Crippen molar-refractivity contribution in [3.05, 3.63) is 35.4 Å². The number of nitrogens with one attached hydrogen (secondary N) is 1. The van der Waals surface area contributed by atoms with Gasteiger partial charge in [-0.2, -0.15) is 0 Å². The van der Waals surface area contributed by atoms with Crippen LogP contribution >= 0.6 is 0 Å². The van der Waals surface area contributed by atoms with E-state index < -0.39 is 0 Å². The molecule has 1 aromatic rings. The standard InChI is InChI=1S/C16H24N2/c1-16(7-8-16)14-4-2-13(3-5-14)15-10-12(11-17)6-9-18-15/h2-5,12,15,18H,6-11,17H2,1H3. The van der Waals surface area contributed by atoms with Crippen molar-refractivity contribution in [3.8, 4) is 0 Å². The molecule has 0 amide bonds. The smallest absolute Gasteiger partial charge is 0.0323 e. The van der Waals surface area contributed by atoms with Crippen LogP contribution in [0.5, 0.6) is 0 Å². The highest BCUT2D eigenvalue weighted by Crippen LogP contribution is 2.47. The summed E-state index contributed by atoms with van der Waals surface area (Å²) in [6, 6.07) is 9.80. The van der Waals surface area contributed by atoms with Crippen molar-refractivity contribution in [1.29, 1.82) is 0 Å². The third-order valence-electron chi connectivity index (χ3n) is 4.86. The van der Waals surface area contributed by atoms with E-state index >= 15 is 0 Å². The topological polar surface area (TPSA) is 38.0 Å². The zero-order valence-corrected chi connectivity index (χ0v) is 11.3. The van der Waals surface area contributed by atoms with E-state index in [4.69, 9.17) is 5.73 Å². The lowest BCUT2D eigenvalue weighted by Gasteiger charge is -2.30. The summed E-state index contributed by atoms with van der Waals surface area (Å²) in [4.78, 5) is 0. The van der Waals surface area contributed by atoms with Crippen LogP contribution in [0.2, 0.25) is 0 Å². The Balaban J connectivity index is 1.72. The second-order valence-electron chi connectivity index (χ2n) is 6.32. The largest absolute Gasteiger partial charge is 0.330 e. The molecule has 3 N–H and O–H groups in total. The van der Waals surface area contributed by atoms with Crippen molar-refractivity contribution < 1.29 is 0 Å². The van der Waals surface area contributed by atoms with Crippen molar-refractivity contribution in [1.82, 2.24) is 5.32 Å². The molecule has 0 aromatic heterocycles. The van der Waals surface area contributed by atoms with Crippen molar-refractivity contribution >= 4 is 0 Å². The summed E-state index contributed by atoms with van der Waals surface area (Å²) in [5.74, 6) is 0.692. The van der Waals surface area contributed by atoms with E-state index in [1.807, 2.05) is 0 Å². The molecule has 1 aliphatic carbocycles. The van der Waals surface area contributed by atoms with Crippen molar-refractivity contribution in [2.24, 2.45) is 11.7 Å². The van der Waals surface area contributed by atoms with Gasteiger partial charge in [-0.3, -0.25) is 0 Å². The Morgan fingerprint density at radius 1 is 1.28 bits per heavy atom. The second-order valence-corrected chi connectivity index (χ2v) is 6.32. The maximum atomic E-state index is 5.81. The van der Waals surface area contributed by atoms with E-state index in [0.717, 1.165) is 13.1 Å². The average Bonchev–Trinajstić information content (AvgIpc) is 3.18. The first kappa shape index (κ1) is 12.2. The highest BCUT2D eigenvalue weighted by Gasteiger charge is 2.38. The molecule has 2 heteroatoms. The first-order chi connectivity index (χ1) is 8.71. The SMILES string of the molecule is CC1(c2ccc(C3CC(CN)CCN3)cc2)CC1. The summed E-state index contributed by atoms with van der Waals surface area (Å²) in [5.41, 5.74) is 9.23. The van der Waals surface area contributed by atoms with E-state index in [2.05, 4.69) is 36.5 Å². The Morgan fingerprint density at radius 3 is 2.61 bits per heavy atom. The van der Waals surface area contributed by atoms with Crippen molar-refractivity contribution in [3.63, 3.8) is 0 Å². The summed E-state index contributed by atoms with van der Waals surface area (Å²) in [5, 5.41) is 3.62. The molecule has 2 atom stereocenters. The fourth-order valence-electron chi connectivity index (χ4n) is 3.06. The van der Waals surface area contributed by atoms with Crippen LogP contribution in [-0.2, 0) is 5.41 Å². The molecule has 1 saturated heterocycles. The molecule has 1 saturated carbocycles. The number of hydrogen-bond donors (Lipinski definition) is 2. The Bertz CT molecular complexity index is 406. The summed E-state index contributed by atoms with van der Waals surface area (Å²) in [6.45, 7) is 4.30. The monoisotopic (exact) mass is 244 g/mol. The van der Waals surface area contributed by atoms with E-state index in [1.54, 1.807) is 0 Å². The van der Waals surface area contributed by atoms with Gasteiger partial charge < -0.3 is 11.1 Å². The van der Waals surface area contributed by atoms with Gasteiger partial charge in [0, 0.05) is 6.04 Å².